The highest BCUT2D eigenvalue weighted by Gasteiger charge is 2.30. The van der Waals surface area contributed by atoms with Crippen LogP contribution in [0.15, 0.2) is 42.7 Å². The lowest BCUT2D eigenvalue weighted by molar-refractivity contribution is 0.0787. The molecule has 1 N–H and O–H groups in total. The number of fused-ring (bicyclic) bond motifs is 1. The third-order valence-electron chi connectivity index (χ3n) is 6.30. The van der Waals surface area contributed by atoms with Gasteiger partial charge in [-0.1, -0.05) is 0 Å². The maximum atomic E-state index is 15.1. The van der Waals surface area contributed by atoms with E-state index >= 15 is 8.78 Å². The molecule has 5 rings (SSSR count). The van der Waals surface area contributed by atoms with Gasteiger partial charge in [0.25, 0.3) is 5.91 Å². The van der Waals surface area contributed by atoms with E-state index in [1.54, 1.807) is 36.4 Å². The molecule has 3 heterocycles. The van der Waals surface area contributed by atoms with Gasteiger partial charge in [0.15, 0.2) is 0 Å². The topological polar surface area (TPSA) is 58.1 Å². The molecule has 0 spiro atoms. The van der Waals surface area contributed by atoms with Gasteiger partial charge in [0.2, 0.25) is 0 Å². The molecule has 164 valence electrons. The fraction of sp³-hybridized carbons (Fsp3) is 0.320. The Morgan fingerprint density at radius 1 is 1.09 bits per heavy atom. The van der Waals surface area contributed by atoms with E-state index in [0.717, 1.165) is 24.1 Å². The fourth-order valence-corrected chi connectivity index (χ4v) is 4.28. The predicted octanol–water partition coefficient (Wildman–Crippen LogP) is 5.45. The average molecular weight is 434 g/mol. The molecule has 2 aliphatic rings. The normalized spacial score (nSPS) is 16.2. The van der Waals surface area contributed by atoms with Crippen LogP contribution in [0, 0.1) is 11.6 Å². The lowest BCUT2D eigenvalue weighted by Gasteiger charge is -2.19. The number of carbonyl (C=O) groups is 1. The lowest BCUT2D eigenvalue weighted by atomic mass is 9.99. The van der Waals surface area contributed by atoms with Crippen molar-refractivity contribution in [1.82, 2.24) is 14.9 Å². The number of benzene rings is 1. The van der Waals surface area contributed by atoms with Gasteiger partial charge in [-0.3, -0.25) is 9.78 Å². The third-order valence-corrected chi connectivity index (χ3v) is 6.30. The standard InChI is InChI=1S/C25H24F2N4O/c1-3-31-13-20-17(25(31)32)7-9-29-24(20)30-14(2)18-11-22(27)19(12-21(18)26)16-6-8-28-23(10-16)15-4-5-15/h6-12,14-15H,3-5,13H2,1-2H3,(H,29,30). The average Bonchev–Trinajstić information content (AvgIpc) is 3.59. The number of pyridine rings is 2. The van der Waals surface area contributed by atoms with E-state index in [2.05, 4.69) is 15.3 Å². The monoisotopic (exact) mass is 434 g/mol. The SMILES string of the molecule is CCN1Cc2c(ccnc2NC(C)c2cc(F)c(-c3ccnc(C4CC4)c3)cc2F)C1=O. The van der Waals surface area contributed by atoms with Gasteiger partial charge in [-0.25, -0.2) is 13.8 Å². The number of hydrogen-bond donors (Lipinski definition) is 1. The van der Waals surface area contributed by atoms with Crippen molar-refractivity contribution in [1.29, 1.82) is 0 Å². The fourth-order valence-electron chi connectivity index (χ4n) is 4.28. The first-order chi connectivity index (χ1) is 15.5. The zero-order chi connectivity index (χ0) is 22.4. The minimum absolute atomic E-state index is 0.0369. The maximum absolute atomic E-state index is 15.1. The molecule has 5 nitrogen and oxygen atoms in total. The zero-order valence-electron chi connectivity index (χ0n) is 18.0. The molecule has 1 amide bonds. The van der Waals surface area contributed by atoms with Crippen molar-refractivity contribution in [3.8, 4) is 11.1 Å². The molecule has 1 aromatic carbocycles. The molecule has 1 aliphatic carbocycles. The molecule has 1 unspecified atom stereocenters. The van der Waals surface area contributed by atoms with E-state index < -0.39 is 17.7 Å². The Kier molecular flexibility index (Phi) is 5.12. The summed E-state index contributed by atoms with van der Waals surface area (Å²) in [6.45, 7) is 4.73. The summed E-state index contributed by atoms with van der Waals surface area (Å²) in [5, 5.41) is 3.18. The van der Waals surface area contributed by atoms with Crippen LogP contribution >= 0.6 is 0 Å². The number of rotatable bonds is 6. The molecule has 3 aromatic rings. The third kappa shape index (κ3) is 3.61. The van der Waals surface area contributed by atoms with Crippen LogP contribution in [-0.2, 0) is 6.54 Å². The summed E-state index contributed by atoms with van der Waals surface area (Å²) >= 11 is 0. The molecule has 0 saturated heterocycles. The predicted molar refractivity (Wildman–Crippen MR) is 118 cm³/mol. The van der Waals surface area contributed by atoms with E-state index in [1.165, 1.54) is 12.1 Å². The second-order valence-corrected chi connectivity index (χ2v) is 8.47. The van der Waals surface area contributed by atoms with Crippen LogP contribution in [0.3, 0.4) is 0 Å². The quantitative estimate of drug-likeness (QED) is 0.561. The Balaban J connectivity index is 1.42. The molecule has 7 heteroatoms. The summed E-state index contributed by atoms with van der Waals surface area (Å²) in [7, 11) is 0. The van der Waals surface area contributed by atoms with E-state index in [0.29, 0.717) is 36.0 Å². The van der Waals surface area contributed by atoms with Gasteiger partial charge in [-0.2, -0.15) is 0 Å². The van der Waals surface area contributed by atoms with Gasteiger partial charge >= 0.3 is 0 Å². The lowest BCUT2D eigenvalue weighted by Crippen LogP contribution is -2.22. The number of hydrogen-bond acceptors (Lipinski definition) is 4. The minimum atomic E-state index is -0.539. The van der Waals surface area contributed by atoms with Crippen molar-refractivity contribution < 1.29 is 13.6 Å². The van der Waals surface area contributed by atoms with Crippen LogP contribution in [0.4, 0.5) is 14.6 Å². The number of nitrogens with one attached hydrogen (secondary N) is 1. The Morgan fingerprint density at radius 2 is 1.88 bits per heavy atom. The molecule has 0 radical (unpaired) electrons. The first kappa shape index (κ1) is 20.5. The number of carbonyl (C=O) groups excluding carboxylic acids is 1. The van der Waals surface area contributed by atoms with E-state index in [4.69, 9.17) is 0 Å². The minimum Gasteiger partial charge on any atom is -0.363 e. The van der Waals surface area contributed by atoms with Crippen molar-refractivity contribution in [2.45, 2.75) is 45.2 Å². The first-order valence-corrected chi connectivity index (χ1v) is 10.9. The van der Waals surface area contributed by atoms with Crippen molar-refractivity contribution in [3.63, 3.8) is 0 Å². The summed E-state index contributed by atoms with van der Waals surface area (Å²) in [6.07, 6.45) is 5.40. The molecular weight excluding hydrogens is 410 g/mol. The number of aromatic nitrogens is 2. The number of amides is 1. The van der Waals surface area contributed by atoms with Crippen LogP contribution < -0.4 is 5.32 Å². The molecule has 32 heavy (non-hydrogen) atoms. The Morgan fingerprint density at radius 3 is 2.62 bits per heavy atom. The number of halogens is 2. The van der Waals surface area contributed by atoms with Gasteiger partial charge in [-0.05, 0) is 62.6 Å². The molecule has 1 saturated carbocycles. The van der Waals surface area contributed by atoms with Gasteiger partial charge in [-0.15, -0.1) is 0 Å². The molecule has 1 aliphatic heterocycles. The molecule has 1 atom stereocenters. The molecule has 1 fully saturated rings. The van der Waals surface area contributed by atoms with E-state index in [1.807, 2.05) is 13.0 Å². The van der Waals surface area contributed by atoms with Crippen LogP contribution in [0.5, 0.6) is 0 Å². The van der Waals surface area contributed by atoms with Gasteiger partial charge in [0.05, 0.1) is 12.6 Å². The maximum Gasteiger partial charge on any atom is 0.254 e. The van der Waals surface area contributed by atoms with Crippen molar-refractivity contribution in [3.05, 3.63) is 76.7 Å². The largest absolute Gasteiger partial charge is 0.363 e. The van der Waals surface area contributed by atoms with Crippen LogP contribution in [0.1, 0.15) is 65.8 Å². The smallest absolute Gasteiger partial charge is 0.254 e. The Labute approximate surface area is 185 Å². The first-order valence-electron chi connectivity index (χ1n) is 10.9. The molecule has 2 aromatic heterocycles. The summed E-state index contributed by atoms with van der Waals surface area (Å²) in [5.74, 6) is -0.0648. The van der Waals surface area contributed by atoms with Crippen LogP contribution in [0.2, 0.25) is 0 Å². The summed E-state index contributed by atoms with van der Waals surface area (Å²) < 4.78 is 30.1. The Hall–Kier alpha value is -3.35. The van der Waals surface area contributed by atoms with Crippen molar-refractivity contribution in [2.24, 2.45) is 0 Å². The number of nitrogens with zero attached hydrogens (tertiary/aromatic N) is 3. The van der Waals surface area contributed by atoms with Crippen LogP contribution in [-0.4, -0.2) is 27.3 Å². The highest BCUT2D eigenvalue weighted by molar-refractivity contribution is 5.99. The highest BCUT2D eigenvalue weighted by Crippen LogP contribution is 2.40. The van der Waals surface area contributed by atoms with Gasteiger partial charge in [0, 0.05) is 52.8 Å². The summed E-state index contributed by atoms with van der Waals surface area (Å²) in [6, 6.07) is 7.21. The van der Waals surface area contributed by atoms with Crippen LogP contribution in [0.25, 0.3) is 11.1 Å². The molecule has 0 bridgehead atoms. The van der Waals surface area contributed by atoms with Gasteiger partial charge in [0.1, 0.15) is 17.5 Å². The van der Waals surface area contributed by atoms with Crippen molar-refractivity contribution in [2.75, 3.05) is 11.9 Å². The summed E-state index contributed by atoms with van der Waals surface area (Å²) in [5.41, 5.74) is 3.38. The zero-order valence-corrected chi connectivity index (χ0v) is 18.0. The van der Waals surface area contributed by atoms with Crippen molar-refractivity contribution >= 4 is 11.7 Å². The second kappa shape index (κ2) is 7.97. The summed E-state index contributed by atoms with van der Waals surface area (Å²) in [4.78, 5) is 22.9. The number of anilines is 1. The highest BCUT2D eigenvalue weighted by atomic mass is 19.1. The Bertz CT molecular complexity index is 1210. The van der Waals surface area contributed by atoms with E-state index in [9.17, 15) is 4.79 Å². The molecular formula is C25H24F2N4O. The van der Waals surface area contributed by atoms with E-state index in [-0.39, 0.29) is 17.0 Å². The van der Waals surface area contributed by atoms with Gasteiger partial charge < -0.3 is 10.2 Å². The second-order valence-electron chi connectivity index (χ2n) is 8.47.